The van der Waals surface area contributed by atoms with Crippen LogP contribution in [0.3, 0.4) is 0 Å². The summed E-state index contributed by atoms with van der Waals surface area (Å²) in [5.74, 6) is -0.260. The molecule has 2 bridgehead atoms. The smallest absolute Gasteiger partial charge is 0.365 e. The summed E-state index contributed by atoms with van der Waals surface area (Å²) < 4.78 is 39.7. The Labute approximate surface area is 113 Å². The lowest BCUT2D eigenvalue weighted by Gasteiger charge is -2.27. The molecule has 110 valence electrons. The number of anilines is 1. The quantitative estimate of drug-likeness (QED) is 0.668. The van der Waals surface area contributed by atoms with Gasteiger partial charge in [-0.25, -0.2) is 4.79 Å². The Kier molecular flexibility index (Phi) is 2.81. The highest BCUT2D eigenvalue weighted by Crippen LogP contribution is 2.36. The van der Waals surface area contributed by atoms with Gasteiger partial charge in [0.05, 0.1) is 12.0 Å². The highest BCUT2D eigenvalue weighted by atomic mass is 32.3. The van der Waals surface area contributed by atoms with Crippen molar-refractivity contribution in [1.29, 1.82) is 0 Å². The minimum Gasteiger partial charge on any atom is -0.365 e. The molecule has 3 rings (SSSR count). The minimum absolute atomic E-state index is 0.0472. The number of nitrogen functional groups attached to an aromatic ring is 1. The lowest BCUT2D eigenvalue weighted by atomic mass is 9.93. The molecule has 0 aliphatic carbocycles. The summed E-state index contributed by atoms with van der Waals surface area (Å²) in [6.45, 7) is 0.620. The van der Waals surface area contributed by atoms with Crippen molar-refractivity contribution in [3.8, 4) is 0 Å². The van der Waals surface area contributed by atoms with E-state index in [1.807, 2.05) is 0 Å². The number of fused-ring (bicyclic) bond motifs is 2. The summed E-state index contributed by atoms with van der Waals surface area (Å²) in [4.78, 5) is 17.2. The van der Waals surface area contributed by atoms with Gasteiger partial charge in [-0.05, 0) is 11.6 Å². The Morgan fingerprint density at radius 3 is 2.85 bits per heavy atom. The summed E-state index contributed by atoms with van der Waals surface area (Å²) in [6, 6.07) is -1.29. The predicted molar refractivity (Wildman–Crippen MR) is 61.3 cm³/mol. The maximum atomic E-state index is 11.9. The molecule has 2 aliphatic heterocycles. The molecule has 20 heavy (non-hydrogen) atoms. The molecule has 1 aromatic heterocycles. The Bertz CT molecular complexity index is 644. The lowest BCUT2D eigenvalue weighted by Crippen LogP contribution is -2.39. The molecule has 2 fully saturated rings. The van der Waals surface area contributed by atoms with E-state index >= 15 is 0 Å². The molecule has 2 atom stereocenters. The topological polar surface area (TPSA) is 152 Å². The fourth-order valence-electron chi connectivity index (χ4n) is 2.50. The van der Waals surface area contributed by atoms with Crippen LogP contribution in [0.25, 0.3) is 0 Å². The normalized spacial score (nSPS) is 26.4. The average molecular weight is 305 g/mol. The maximum Gasteiger partial charge on any atom is 0.418 e. The predicted octanol–water partition coefficient (Wildman–Crippen LogP) is -1.02. The van der Waals surface area contributed by atoms with Crippen molar-refractivity contribution in [2.75, 3.05) is 18.8 Å². The zero-order valence-corrected chi connectivity index (χ0v) is 10.9. The molecule has 3 heterocycles. The molecular formula is C8H11N5O6S. The van der Waals surface area contributed by atoms with E-state index < -0.39 is 28.4 Å². The molecule has 2 saturated heterocycles. The SMILES string of the molecule is Nc1noc([C@@H]2CCN3C[C@@H]2N(OS(=O)(=O)O)C3=O)n1. The number of carbonyl (C=O) groups excluding carboxylic acids is 1. The van der Waals surface area contributed by atoms with Gasteiger partial charge in [0.2, 0.25) is 5.89 Å². The zero-order chi connectivity index (χ0) is 14.5. The summed E-state index contributed by atoms with van der Waals surface area (Å²) in [5, 5.41) is 4.08. The number of hydrogen-bond acceptors (Lipinski definition) is 8. The Morgan fingerprint density at radius 2 is 2.25 bits per heavy atom. The Morgan fingerprint density at radius 1 is 1.50 bits per heavy atom. The van der Waals surface area contributed by atoms with Crippen molar-refractivity contribution < 1.29 is 26.6 Å². The van der Waals surface area contributed by atoms with E-state index in [0.717, 1.165) is 0 Å². The van der Waals surface area contributed by atoms with Crippen molar-refractivity contribution in [1.82, 2.24) is 20.1 Å². The summed E-state index contributed by atoms with van der Waals surface area (Å²) in [6.07, 6.45) is 0.489. The van der Waals surface area contributed by atoms with Crippen molar-refractivity contribution >= 4 is 22.4 Å². The van der Waals surface area contributed by atoms with Crippen LogP contribution in [0.2, 0.25) is 0 Å². The van der Waals surface area contributed by atoms with E-state index in [2.05, 4.69) is 14.4 Å². The van der Waals surface area contributed by atoms with Crippen molar-refractivity contribution in [3.63, 3.8) is 0 Å². The molecule has 2 aliphatic rings. The van der Waals surface area contributed by atoms with E-state index in [4.69, 9.17) is 14.8 Å². The number of nitrogens with zero attached hydrogens (tertiary/aromatic N) is 4. The number of hydroxylamine groups is 2. The number of urea groups is 1. The van der Waals surface area contributed by atoms with Crippen LogP contribution in [-0.4, -0.2) is 58.2 Å². The first kappa shape index (κ1) is 13.1. The first-order valence-corrected chi connectivity index (χ1v) is 7.06. The highest BCUT2D eigenvalue weighted by molar-refractivity contribution is 7.80. The first-order valence-electron chi connectivity index (χ1n) is 5.69. The lowest BCUT2D eigenvalue weighted by molar-refractivity contribution is -0.0396. The number of hydrogen-bond donors (Lipinski definition) is 2. The van der Waals surface area contributed by atoms with Crippen LogP contribution in [-0.2, 0) is 14.7 Å². The second-order valence-electron chi connectivity index (χ2n) is 4.51. The number of carbonyl (C=O) groups is 1. The number of amides is 2. The fourth-order valence-corrected chi connectivity index (χ4v) is 2.88. The zero-order valence-electron chi connectivity index (χ0n) is 10.0. The fraction of sp³-hybridized carbons (Fsp3) is 0.625. The average Bonchev–Trinajstić information content (AvgIpc) is 2.88. The molecule has 0 aromatic carbocycles. The minimum atomic E-state index is -4.79. The molecule has 11 nitrogen and oxygen atoms in total. The van der Waals surface area contributed by atoms with Gasteiger partial charge in [-0.1, -0.05) is 0 Å². The van der Waals surface area contributed by atoms with E-state index in [0.29, 0.717) is 18.0 Å². The Hall–Kier alpha value is -1.92. The Balaban J connectivity index is 1.90. The van der Waals surface area contributed by atoms with Crippen LogP contribution in [0.1, 0.15) is 18.2 Å². The largest absolute Gasteiger partial charge is 0.418 e. The molecule has 0 spiro atoms. The molecule has 12 heteroatoms. The van der Waals surface area contributed by atoms with Crippen LogP contribution in [0.15, 0.2) is 4.52 Å². The number of nitrogens with two attached hydrogens (primary N) is 1. The van der Waals surface area contributed by atoms with Gasteiger partial charge in [-0.2, -0.15) is 18.5 Å². The first-order chi connectivity index (χ1) is 9.35. The van der Waals surface area contributed by atoms with Gasteiger partial charge in [0.25, 0.3) is 5.95 Å². The highest BCUT2D eigenvalue weighted by Gasteiger charge is 2.50. The van der Waals surface area contributed by atoms with Crippen molar-refractivity contribution in [3.05, 3.63) is 5.89 Å². The van der Waals surface area contributed by atoms with Crippen molar-refractivity contribution in [2.24, 2.45) is 0 Å². The third kappa shape index (κ3) is 2.17. The van der Waals surface area contributed by atoms with E-state index in [9.17, 15) is 13.2 Å². The van der Waals surface area contributed by atoms with Gasteiger partial charge < -0.3 is 15.2 Å². The number of rotatable bonds is 3. The molecular weight excluding hydrogens is 294 g/mol. The second-order valence-corrected chi connectivity index (χ2v) is 5.51. The molecule has 2 amide bonds. The molecule has 1 aromatic rings. The third-order valence-corrected chi connectivity index (χ3v) is 3.64. The van der Waals surface area contributed by atoms with Gasteiger partial charge in [0.15, 0.2) is 0 Å². The van der Waals surface area contributed by atoms with Gasteiger partial charge >= 0.3 is 16.4 Å². The number of aromatic nitrogens is 2. The monoisotopic (exact) mass is 305 g/mol. The van der Waals surface area contributed by atoms with Crippen LogP contribution in [0.5, 0.6) is 0 Å². The van der Waals surface area contributed by atoms with Crippen LogP contribution in [0.4, 0.5) is 10.7 Å². The van der Waals surface area contributed by atoms with Gasteiger partial charge in [-0.15, -0.1) is 4.28 Å². The van der Waals surface area contributed by atoms with Gasteiger partial charge in [-0.3, -0.25) is 4.55 Å². The summed E-state index contributed by atoms with van der Waals surface area (Å²) in [5.41, 5.74) is 5.37. The maximum absolute atomic E-state index is 11.9. The molecule has 0 saturated carbocycles. The van der Waals surface area contributed by atoms with Crippen LogP contribution >= 0.6 is 0 Å². The van der Waals surface area contributed by atoms with Crippen LogP contribution < -0.4 is 5.73 Å². The molecule has 0 unspecified atom stereocenters. The standard InChI is InChI=1S/C8H11N5O6S/c9-7-10-6(18-11-7)4-1-2-12-3-5(4)13(8(12)14)19-20(15,16)17/h4-5H,1-3H2,(H2,9,11)(H,15,16,17)/t4-,5+/m1/s1. The van der Waals surface area contributed by atoms with E-state index in [1.165, 1.54) is 4.90 Å². The third-order valence-electron chi connectivity index (χ3n) is 3.29. The molecule has 3 N–H and O–H groups in total. The van der Waals surface area contributed by atoms with E-state index in [-0.39, 0.29) is 18.4 Å². The van der Waals surface area contributed by atoms with Crippen molar-refractivity contribution in [2.45, 2.75) is 18.4 Å². The number of piperidine rings is 1. The second kappa shape index (κ2) is 4.29. The summed E-state index contributed by atoms with van der Waals surface area (Å²) >= 11 is 0. The molecule has 0 radical (unpaired) electrons. The van der Waals surface area contributed by atoms with Gasteiger partial charge in [0, 0.05) is 13.1 Å². The summed E-state index contributed by atoms with van der Waals surface area (Å²) in [7, 11) is -4.79. The van der Waals surface area contributed by atoms with Crippen LogP contribution in [0, 0.1) is 0 Å². The van der Waals surface area contributed by atoms with Gasteiger partial charge in [0.1, 0.15) is 0 Å². The van der Waals surface area contributed by atoms with E-state index in [1.54, 1.807) is 0 Å².